The molecule has 0 N–H and O–H groups in total. The normalized spacial score (nSPS) is 40.3. The van der Waals surface area contributed by atoms with Gasteiger partial charge in [-0.1, -0.05) is 24.3 Å². The minimum absolute atomic E-state index is 0.409. The van der Waals surface area contributed by atoms with Gasteiger partial charge in [-0.3, -0.25) is 0 Å². The molecule has 0 spiro atoms. The molecule has 0 aliphatic heterocycles. The van der Waals surface area contributed by atoms with Gasteiger partial charge in [0.2, 0.25) is 0 Å². The summed E-state index contributed by atoms with van der Waals surface area (Å²) in [4.78, 5) is 0. The molecule has 160 valence electrons. The fraction of sp³-hybridized carbons (Fsp3) is 0.840. The minimum Gasteiger partial charge on any atom is -0.381 e. The Bertz CT molecular complexity index is 442. The highest BCUT2D eigenvalue weighted by atomic mass is 16.5. The second kappa shape index (κ2) is 11.5. The SMILES string of the molecule is COC1CCC(/C=C/C2CC(/C=C/C3CCC(OC)CC3)CC(OC)C2)CC1. The number of hydrogen-bond donors (Lipinski definition) is 0. The average Bonchev–Trinajstić information content (AvgIpc) is 2.76. The van der Waals surface area contributed by atoms with Gasteiger partial charge in [-0.2, -0.15) is 0 Å². The van der Waals surface area contributed by atoms with Crippen molar-refractivity contribution in [2.45, 2.75) is 88.9 Å². The van der Waals surface area contributed by atoms with Crippen molar-refractivity contribution in [2.75, 3.05) is 21.3 Å². The lowest BCUT2D eigenvalue weighted by molar-refractivity contribution is 0.0451. The molecule has 3 aliphatic rings. The van der Waals surface area contributed by atoms with Crippen LogP contribution in [-0.4, -0.2) is 39.6 Å². The fourth-order valence-corrected chi connectivity index (χ4v) is 5.52. The van der Waals surface area contributed by atoms with Crippen molar-refractivity contribution in [1.82, 2.24) is 0 Å². The van der Waals surface area contributed by atoms with Crippen molar-refractivity contribution in [3.8, 4) is 0 Å². The summed E-state index contributed by atoms with van der Waals surface area (Å²) in [6.45, 7) is 0. The second-order valence-electron chi connectivity index (χ2n) is 9.40. The van der Waals surface area contributed by atoms with Crippen molar-refractivity contribution >= 4 is 0 Å². The van der Waals surface area contributed by atoms with Gasteiger partial charge in [-0.25, -0.2) is 0 Å². The first-order valence-corrected chi connectivity index (χ1v) is 11.6. The highest BCUT2D eigenvalue weighted by Crippen LogP contribution is 2.35. The van der Waals surface area contributed by atoms with E-state index in [1.165, 1.54) is 70.6 Å². The summed E-state index contributed by atoms with van der Waals surface area (Å²) in [6.07, 6.45) is 25.1. The molecule has 28 heavy (non-hydrogen) atoms. The monoisotopic (exact) mass is 390 g/mol. The molecule has 0 heterocycles. The first kappa shape index (κ1) is 22.1. The minimum atomic E-state index is 0.409. The maximum atomic E-state index is 5.79. The Morgan fingerprint density at radius 1 is 0.429 bits per heavy atom. The summed E-state index contributed by atoms with van der Waals surface area (Å²) in [5.41, 5.74) is 0. The Hall–Kier alpha value is -0.640. The Labute approximate surface area is 172 Å². The van der Waals surface area contributed by atoms with Crippen LogP contribution >= 0.6 is 0 Å². The zero-order valence-corrected chi connectivity index (χ0v) is 18.4. The molecule has 0 saturated heterocycles. The van der Waals surface area contributed by atoms with Gasteiger partial charge in [0, 0.05) is 21.3 Å². The van der Waals surface area contributed by atoms with E-state index in [9.17, 15) is 0 Å². The van der Waals surface area contributed by atoms with Crippen LogP contribution in [0.25, 0.3) is 0 Å². The third kappa shape index (κ3) is 6.71. The molecule has 3 nitrogen and oxygen atoms in total. The lowest BCUT2D eigenvalue weighted by atomic mass is 9.77. The molecule has 0 radical (unpaired) electrons. The summed E-state index contributed by atoms with van der Waals surface area (Å²) >= 11 is 0. The van der Waals surface area contributed by atoms with Crippen LogP contribution in [0.3, 0.4) is 0 Å². The van der Waals surface area contributed by atoms with Crippen molar-refractivity contribution in [3.63, 3.8) is 0 Å². The van der Waals surface area contributed by atoms with Crippen molar-refractivity contribution < 1.29 is 14.2 Å². The Morgan fingerprint density at radius 2 is 0.786 bits per heavy atom. The van der Waals surface area contributed by atoms with Crippen LogP contribution in [0.5, 0.6) is 0 Å². The molecule has 0 bridgehead atoms. The molecule has 3 saturated carbocycles. The molecule has 3 fully saturated rings. The number of allylic oxidation sites excluding steroid dienone is 4. The quantitative estimate of drug-likeness (QED) is 0.503. The number of hydrogen-bond acceptors (Lipinski definition) is 3. The third-order valence-corrected chi connectivity index (χ3v) is 7.49. The van der Waals surface area contributed by atoms with Gasteiger partial charge in [-0.05, 0) is 94.3 Å². The lowest BCUT2D eigenvalue weighted by Gasteiger charge is -2.32. The number of ether oxygens (including phenoxy) is 3. The lowest BCUT2D eigenvalue weighted by Crippen LogP contribution is -2.26. The fourth-order valence-electron chi connectivity index (χ4n) is 5.52. The van der Waals surface area contributed by atoms with Gasteiger partial charge < -0.3 is 14.2 Å². The van der Waals surface area contributed by atoms with Gasteiger partial charge in [0.05, 0.1) is 18.3 Å². The van der Waals surface area contributed by atoms with E-state index in [-0.39, 0.29) is 0 Å². The molecule has 3 aliphatic carbocycles. The van der Waals surface area contributed by atoms with E-state index in [4.69, 9.17) is 14.2 Å². The largest absolute Gasteiger partial charge is 0.381 e. The van der Waals surface area contributed by atoms with Crippen molar-refractivity contribution in [2.24, 2.45) is 23.7 Å². The maximum absolute atomic E-state index is 5.79. The Kier molecular flexibility index (Phi) is 9.07. The molecule has 2 unspecified atom stereocenters. The van der Waals surface area contributed by atoms with Gasteiger partial charge in [0.1, 0.15) is 0 Å². The highest BCUT2D eigenvalue weighted by Gasteiger charge is 2.27. The Balaban J connectivity index is 1.48. The standard InChI is InChI=1S/C25H42O3/c1-26-23-12-8-19(9-13-23)4-6-21-16-22(18-25(17-21)28-3)7-5-20-10-14-24(27-2)15-11-20/h4-7,19-25H,8-18H2,1-3H3/b6-4+,7-5+. The van der Waals surface area contributed by atoms with E-state index in [2.05, 4.69) is 24.3 Å². The topological polar surface area (TPSA) is 27.7 Å². The van der Waals surface area contributed by atoms with Gasteiger partial charge in [0.15, 0.2) is 0 Å². The molecule has 3 rings (SSSR count). The summed E-state index contributed by atoms with van der Waals surface area (Å²) in [5.74, 6) is 2.83. The van der Waals surface area contributed by atoms with Crippen LogP contribution in [0.4, 0.5) is 0 Å². The van der Waals surface area contributed by atoms with Crippen LogP contribution in [0.2, 0.25) is 0 Å². The van der Waals surface area contributed by atoms with Gasteiger partial charge in [0.25, 0.3) is 0 Å². The van der Waals surface area contributed by atoms with Crippen LogP contribution in [0, 0.1) is 23.7 Å². The average molecular weight is 391 g/mol. The molecular formula is C25H42O3. The first-order valence-electron chi connectivity index (χ1n) is 11.6. The van der Waals surface area contributed by atoms with Crippen LogP contribution < -0.4 is 0 Å². The number of methoxy groups -OCH3 is 3. The van der Waals surface area contributed by atoms with E-state index in [1.807, 2.05) is 21.3 Å². The van der Waals surface area contributed by atoms with Crippen molar-refractivity contribution in [1.29, 1.82) is 0 Å². The zero-order valence-electron chi connectivity index (χ0n) is 18.4. The molecular weight excluding hydrogens is 348 g/mol. The molecule has 3 heteroatoms. The van der Waals surface area contributed by atoms with Crippen LogP contribution in [0.15, 0.2) is 24.3 Å². The summed E-state index contributed by atoms with van der Waals surface area (Å²) in [5, 5.41) is 0. The van der Waals surface area contributed by atoms with Crippen LogP contribution in [-0.2, 0) is 14.2 Å². The smallest absolute Gasteiger partial charge is 0.0582 e. The molecule has 2 atom stereocenters. The second-order valence-corrected chi connectivity index (χ2v) is 9.40. The Morgan fingerprint density at radius 3 is 1.14 bits per heavy atom. The zero-order chi connectivity index (χ0) is 19.8. The van der Waals surface area contributed by atoms with Gasteiger partial charge in [-0.15, -0.1) is 0 Å². The summed E-state index contributed by atoms with van der Waals surface area (Å²) in [7, 11) is 5.59. The van der Waals surface area contributed by atoms with E-state index in [1.54, 1.807) is 0 Å². The van der Waals surface area contributed by atoms with E-state index in [0.29, 0.717) is 30.1 Å². The van der Waals surface area contributed by atoms with E-state index >= 15 is 0 Å². The van der Waals surface area contributed by atoms with E-state index < -0.39 is 0 Å². The molecule has 0 amide bonds. The first-order chi connectivity index (χ1) is 13.7. The van der Waals surface area contributed by atoms with E-state index in [0.717, 1.165) is 11.8 Å². The molecule has 0 aromatic carbocycles. The molecule has 0 aromatic heterocycles. The third-order valence-electron chi connectivity index (χ3n) is 7.49. The summed E-state index contributed by atoms with van der Waals surface area (Å²) < 4.78 is 16.8. The molecule has 0 aromatic rings. The number of rotatable bonds is 7. The van der Waals surface area contributed by atoms with Crippen molar-refractivity contribution in [3.05, 3.63) is 24.3 Å². The summed E-state index contributed by atoms with van der Waals surface area (Å²) in [6, 6.07) is 0. The van der Waals surface area contributed by atoms with Gasteiger partial charge >= 0.3 is 0 Å². The predicted octanol–water partition coefficient (Wildman–Crippen LogP) is 5.94. The van der Waals surface area contributed by atoms with Crippen LogP contribution in [0.1, 0.15) is 70.6 Å². The predicted molar refractivity (Wildman–Crippen MR) is 115 cm³/mol. The maximum Gasteiger partial charge on any atom is 0.0582 e. The highest BCUT2D eigenvalue weighted by molar-refractivity contribution is 5.03.